The number of carbonyl (C=O) groups is 1. The second-order valence-electron chi connectivity index (χ2n) is 7.29. The number of piperidine rings is 1. The number of imidazole rings is 1. The number of nitrogens with one attached hydrogen (secondary N) is 1. The highest BCUT2D eigenvalue weighted by atomic mass is 35.5. The van der Waals surface area contributed by atoms with Crippen molar-refractivity contribution in [1.29, 1.82) is 0 Å². The first kappa shape index (κ1) is 16.7. The molecule has 2 heterocycles. The maximum Gasteiger partial charge on any atom is 0.317 e. The Hall–Kier alpha value is -1.75. The molecule has 1 aliphatic heterocycles. The number of hydrogen-bond acceptors (Lipinski definition) is 2. The highest BCUT2D eigenvalue weighted by Crippen LogP contribution is 2.28. The number of aromatic nitrogens is 2. The van der Waals surface area contributed by atoms with E-state index < -0.39 is 0 Å². The van der Waals surface area contributed by atoms with Gasteiger partial charge < -0.3 is 14.8 Å². The van der Waals surface area contributed by atoms with Crippen LogP contribution in [0.5, 0.6) is 0 Å². The molecule has 0 radical (unpaired) electrons. The normalized spacial score (nSPS) is 20.1. The molecule has 1 aromatic heterocycles. The number of rotatable bonds is 2. The Morgan fingerprint density at radius 3 is 2.64 bits per heavy atom. The monoisotopic (exact) mass is 360 g/mol. The van der Waals surface area contributed by atoms with Gasteiger partial charge in [0.15, 0.2) is 0 Å². The van der Waals surface area contributed by atoms with Gasteiger partial charge in [0.1, 0.15) is 0 Å². The zero-order chi connectivity index (χ0) is 17.2. The van der Waals surface area contributed by atoms with Gasteiger partial charge >= 0.3 is 6.03 Å². The van der Waals surface area contributed by atoms with Crippen molar-refractivity contribution in [3.63, 3.8) is 0 Å². The van der Waals surface area contributed by atoms with Gasteiger partial charge in [0.2, 0.25) is 0 Å². The summed E-state index contributed by atoms with van der Waals surface area (Å²) in [4.78, 5) is 18.9. The van der Waals surface area contributed by atoms with Gasteiger partial charge in [-0.15, -0.1) is 0 Å². The van der Waals surface area contributed by atoms with Gasteiger partial charge in [-0.1, -0.05) is 30.9 Å². The third-order valence-corrected chi connectivity index (χ3v) is 5.85. The van der Waals surface area contributed by atoms with Gasteiger partial charge in [0.05, 0.1) is 17.4 Å². The first-order valence-corrected chi connectivity index (χ1v) is 9.76. The van der Waals surface area contributed by atoms with Crippen LogP contribution in [0, 0.1) is 0 Å². The smallest absolute Gasteiger partial charge is 0.317 e. The minimum Gasteiger partial charge on any atom is -0.335 e. The number of halogens is 1. The van der Waals surface area contributed by atoms with E-state index in [1.54, 1.807) is 0 Å². The largest absolute Gasteiger partial charge is 0.335 e. The fraction of sp³-hybridized carbons (Fsp3) is 0.579. The zero-order valence-corrected chi connectivity index (χ0v) is 15.2. The molecule has 1 aromatic carbocycles. The van der Waals surface area contributed by atoms with E-state index in [1.165, 1.54) is 19.3 Å². The van der Waals surface area contributed by atoms with E-state index in [2.05, 4.69) is 14.9 Å². The van der Waals surface area contributed by atoms with E-state index in [0.29, 0.717) is 17.1 Å². The number of hydrogen-bond donors (Lipinski definition) is 1. The van der Waals surface area contributed by atoms with Crippen LogP contribution in [0.25, 0.3) is 11.0 Å². The van der Waals surface area contributed by atoms with Crippen LogP contribution in [0.15, 0.2) is 24.5 Å². The van der Waals surface area contributed by atoms with Crippen LogP contribution in [0.2, 0.25) is 5.02 Å². The lowest BCUT2D eigenvalue weighted by Gasteiger charge is -2.34. The van der Waals surface area contributed by atoms with E-state index in [0.717, 1.165) is 49.8 Å². The van der Waals surface area contributed by atoms with E-state index in [1.807, 2.05) is 29.4 Å². The quantitative estimate of drug-likeness (QED) is 0.864. The number of amides is 2. The summed E-state index contributed by atoms with van der Waals surface area (Å²) in [6, 6.07) is 6.74. The summed E-state index contributed by atoms with van der Waals surface area (Å²) in [5.74, 6) is 0. The SMILES string of the molecule is O=C(NC1CCCCC1)N1CCC(n2cnc3cc(Cl)ccc32)CC1. The molecule has 1 saturated heterocycles. The van der Waals surface area contributed by atoms with Crippen molar-refractivity contribution in [2.75, 3.05) is 13.1 Å². The number of carbonyl (C=O) groups excluding carboxylic acids is 1. The van der Waals surface area contributed by atoms with Crippen LogP contribution in [0.4, 0.5) is 4.79 Å². The molecule has 4 rings (SSSR count). The molecule has 6 heteroatoms. The molecule has 134 valence electrons. The third-order valence-electron chi connectivity index (χ3n) is 5.61. The Labute approximate surface area is 153 Å². The van der Waals surface area contributed by atoms with E-state index >= 15 is 0 Å². The molecule has 1 aliphatic carbocycles. The number of fused-ring (bicyclic) bond motifs is 1. The van der Waals surface area contributed by atoms with Crippen molar-refractivity contribution < 1.29 is 4.79 Å². The summed E-state index contributed by atoms with van der Waals surface area (Å²) >= 11 is 6.05. The highest BCUT2D eigenvalue weighted by Gasteiger charge is 2.26. The molecule has 5 nitrogen and oxygen atoms in total. The number of likely N-dealkylation sites (tertiary alicyclic amines) is 1. The summed E-state index contributed by atoms with van der Waals surface area (Å²) in [5.41, 5.74) is 2.06. The molecule has 2 aliphatic rings. The molecular weight excluding hydrogens is 336 g/mol. The van der Waals surface area contributed by atoms with Crippen LogP contribution >= 0.6 is 11.6 Å². The van der Waals surface area contributed by atoms with Crippen LogP contribution in [0.1, 0.15) is 51.0 Å². The lowest BCUT2D eigenvalue weighted by molar-refractivity contribution is 0.166. The molecular formula is C19H25ClN4O. The highest BCUT2D eigenvalue weighted by molar-refractivity contribution is 6.31. The van der Waals surface area contributed by atoms with E-state index in [9.17, 15) is 4.79 Å². The Morgan fingerprint density at radius 2 is 1.88 bits per heavy atom. The van der Waals surface area contributed by atoms with E-state index in [-0.39, 0.29) is 6.03 Å². The lowest BCUT2D eigenvalue weighted by Crippen LogP contribution is -2.48. The molecule has 1 saturated carbocycles. The Morgan fingerprint density at radius 1 is 1.12 bits per heavy atom. The number of urea groups is 1. The van der Waals surface area contributed by atoms with Gasteiger partial charge in [-0.05, 0) is 43.9 Å². The van der Waals surface area contributed by atoms with Crippen molar-refractivity contribution in [2.24, 2.45) is 0 Å². The lowest BCUT2D eigenvalue weighted by atomic mass is 9.95. The van der Waals surface area contributed by atoms with Crippen LogP contribution < -0.4 is 5.32 Å². The van der Waals surface area contributed by atoms with Gasteiger partial charge in [0, 0.05) is 30.2 Å². The predicted octanol–water partition coefficient (Wildman–Crippen LogP) is 4.37. The summed E-state index contributed by atoms with van der Waals surface area (Å²) in [5, 5.41) is 3.94. The summed E-state index contributed by atoms with van der Waals surface area (Å²) in [7, 11) is 0. The third kappa shape index (κ3) is 3.61. The predicted molar refractivity (Wildman–Crippen MR) is 100.0 cm³/mol. The van der Waals surface area contributed by atoms with Crippen LogP contribution in [-0.4, -0.2) is 39.6 Å². The molecule has 1 N–H and O–H groups in total. The van der Waals surface area contributed by atoms with Crippen LogP contribution in [-0.2, 0) is 0 Å². The summed E-state index contributed by atoms with van der Waals surface area (Å²) in [6.45, 7) is 1.60. The maximum atomic E-state index is 12.5. The standard InChI is InChI=1S/C19H25ClN4O/c20-14-6-7-18-17(12-14)21-13-24(18)16-8-10-23(11-9-16)19(25)22-15-4-2-1-3-5-15/h6-7,12-13,15-16H,1-5,8-11H2,(H,22,25). The van der Waals surface area contributed by atoms with Gasteiger partial charge in [-0.25, -0.2) is 9.78 Å². The van der Waals surface area contributed by atoms with Gasteiger partial charge in [-0.3, -0.25) is 0 Å². The Bertz CT molecular complexity index is 745. The van der Waals surface area contributed by atoms with Gasteiger partial charge in [0.25, 0.3) is 0 Å². The number of nitrogens with zero attached hydrogens (tertiary/aromatic N) is 3. The van der Waals surface area contributed by atoms with Crippen molar-refractivity contribution in [3.05, 3.63) is 29.5 Å². The van der Waals surface area contributed by atoms with Crippen LogP contribution in [0.3, 0.4) is 0 Å². The molecule has 2 amide bonds. The number of benzene rings is 1. The van der Waals surface area contributed by atoms with Crippen molar-refractivity contribution in [3.8, 4) is 0 Å². The fourth-order valence-corrected chi connectivity index (χ4v) is 4.32. The van der Waals surface area contributed by atoms with Crippen molar-refractivity contribution in [1.82, 2.24) is 19.8 Å². The second kappa shape index (κ2) is 7.24. The maximum absolute atomic E-state index is 12.5. The topological polar surface area (TPSA) is 50.2 Å². The molecule has 0 spiro atoms. The molecule has 2 fully saturated rings. The van der Waals surface area contributed by atoms with E-state index in [4.69, 9.17) is 11.6 Å². The summed E-state index contributed by atoms with van der Waals surface area (Å²) in [6.07, 6.45) is 9.89. The average molecular weight is 361 g/mol. The summed E-state index contributed by atoms with van der Waals surface area (Å²) < 4.78 is 2.24. The molecule has 25 heavy (non-hydrogen) atoms. The van der Waals surface area contributed by atoms with Crippen molar-refractivity contribution in [2.45, 2.75) is 57.0 Å². The Balaban J connectivity index is 1.36. The second-order valence-corrected chi connectivity index (χ2v) is 7.72. The molecule has 0 bridgehead atoms. The minimum absolute atomic E-state index is 0.118. The van der Waals surface area contributed by atoms with Gasteiger partial charge in [-0.2, -0.15) is 0 Å². The van der Waals surface area contributed by atoms with Crippen molar-refractivity contribution >= 4 is 28.7 Å². The molecule has 2 aromatic rings. The molecule has 0 atom stereocenters. The zero-order valence-electron chi connectivity index (χ0n) is 14.5. The average Bonchev–Trinajstić information content (AvgIpc) is 3.05. The fourth-order valence-electron chi connectivity index (χ4n) is 4.16. The minimum atomic E-state index is 0.118. The first-order chi connectivity index (χ1) is 12.2. The first-order valence-electron chi connectivity index (χ1n) is 9.38. The molecule has 0 unspecified atom stereocenters. The Kier molecular flexibility index (Phi) is 4.84.